The Labute approximate surface area is 358 Å². The van der Waals surface area contributed by atoms with Crippen molar-refractivity contribution in [2.24, 2.45) is 0 Å². The van der Waals surface area contributed by atoms with Gasteiger partial charge in [0.05, 0.1) is 0 Å². The van der Waals surface area contributed by atoms with Gasteiger partial charge in [-0.25, -0.2) is 0 Å². The maximum atomic E-state index is 3.66. The van der Waals surface area contributed by atoms with Crippen LogP contribution in [0.1, 0.15) is 25.0 Å². The van der Waals surface area contributed by atoms with E-state index in [1.165, 1.54) is 44.8 Å². The molecule has 4 nitrogen and oxygen atoms in total. The second-order valence-corrected chi connectivity index (χ2v) is 14.1. The van der Waals surface area contributed by atoms with Gasteiger partial charge >= 0.3 is 0 Å². The summed E-state index contributed by atoms with van der Waals surface area (Å²) in [6, 6.07) is 63.4. The SMILES string of the molecule is CC1=C(C)N(c2ccccc2)[CH-]N1c1[c-]cc(-c2cccc(-c3c[c-]c(N4[CH-]N(c5ccccc5)c5ccccc54)cc3)c2-c2cc(C)cc(C)c2)cc1.[Ir].[Ir]. The Morgan fingerprint density at radius 1 is 0.411 bits per heavy atom. The van der Waals surface area contributed by atoms with E-state index in [9.17, 15) is 0 Å². The molecule has 56 heavy (non-hydrogen) atoms. The largest absolute Gasteiger partial charge is 0.497 e. The second-order valence-electron chi connectivity index (χ2n) is 14.1. The Morgan fingerprint density at radius 3 is 1.41 bits per heavy atom. The molecule has 0 aliphatic carbocycles. The zero-order valence-electron chi connectivity index (χ0n) is 31.6. The molecule has 282 valence electrons. The van der Waals surface area contributed by atoms with Crippen LogP contribution in [-0.2, 0) is 40.2 Å². The molecule has 0 atom stereocenters. The summed E-state index contributed by atoms with van der Waals surface area (Å²) in [5.74, 6) is 0. The molecule has 0 spiro atoms. The minimum atomic E-state index is 0. The average Bonchev–Trinajstić information content (AvgIpc) is 3.75. The first-order valence-electron chi connectivity index (χ1n) is 18.4. The number of fused-ring (bicyclic) bond motifs is 1. The predicted molar refractivity (Wildman–Crippen MR) is 225 cm³/mol. The number of hydrogen-bond acceptors (Lipinski definition) is 4. The number of rotatable bonds is 7. The smallest absolute Gasteiger partial charge is 0.0344 e. The van der Waals surface area contributed by atoms with Crippen LogP contribution in [0, 0.1) is 39.3 Å². The van der Waals surface area contributed by atoms with Gasteiger partial charge in [0.25, 0.3) is 0 Å². The van der Waals surface area contributed by atoms with Gasteiger partial charge in [0, 0.05) is 74.4 Å². The molecule has 9 rings (SSSR count). The molecule has 0 aromatic heterocycles. The van der Waals surface area contributed by atoms with Crippen LogP contribution in [0.15, 0.2) is 169 Å². The van der Waals surface area contributed by atoms with Gasteiger partial charge in [0.2, 0.25) is 0 Å². The first-order valence-corrected chi connectivity index (χ1v) is 18.4. The third-order valence-corrected chi connectivity index (χ3v) is 10.5. The van der Waals surface area contributed by atoms with E-state index in [-0.39, 0.29) is 40.2 Å². The Balaban J connectivity index is 0.00000240. The fourth-order valence-corrected chi connectivity index (χ4v) is 7.76. The molecule has 7 aromatic carbocycles. The number of para-hydroxylation sites is 4. The van der Waals surface area contributed by atoms with Crippen molar-refractivity contribution < 1.29 is 40.2 Å². The normalized spacial score (nSPS) is 13.4. The Morgan fingerprint density at radius 2 is 0.875 bits per heavy atom. The summed E-state index contributed by atoms with van der Waals surface area (Å²) in [6.07, 6.45) is 0. The van der Waals surface area contributed by atoms with E-state index in [1.54, 1.807) is 0 Å². The first kappa shape index (κ1) is 39.0. The van der Waals surface area contributed by atoms with Crippen molar-refractivity contribution >= 4 is 34.1 Å². The maximum absolute atomic E-state index is 3.66. The van der Waals surface area contributed by atoms with Gasteiger partial charge in [-0.1, -0.05) is 107 Å². The van der Waals surface area contributed by atoms with Crippen LogP contribution < -0.4 is 19.6 Å². The summed E-state index contributed by atoms with van der Waals surface area (Å²) < 4.78 is 0. The van der Waals surface area contributed by atoms with Crippen LogP contribution in [0.5, 0.6) is 0 Å². The zero-order valence-corrected chi connectivity index (χ0v) is 36.4. The Hall–Kier alpha value is -5.22. The van der Waals surface area contributed by atoms with Gasteiger partial charge in [-0.2, -0.15) is 36.4 Å². The second kappa shape index (κ2) is 16.5. The van der Waals surface area contributed by atoms with Crippen molar-refractivity contribution in [2.45, 2.75) is 27.7 Å². The van der Waals surface area contributed by atoms with Crippen molar-refractivity contribution in [3.63, 3.8) is 0 Å². The monoisotopic (exact) mass is 1080 g/mol. The third-order valence-electron chi connectivity index (χ3n) is 10.5. The number of hydrogen-bond donors (Lipinski definition) is 0. The zero-order chi connectivity index (χ0) is 36.8. The number of benzene rings is 7. The van der Waals surface area contributed by atoms with Gasteiger partial charge < -0.3 is 19.6 Å². The average molecular weight is 1080 g/mol. The van der Waals surface area contributed by atoms with Gasteiger partial charge in [0.15, 0.2) is 0 Å². The van der Waals surface area contributed by atoms with Gasteiger partial charge in [0.1, 0.15) is 0 Å². The molecule has 7 aromatic rings. The fourth-order valence-electron chi connectivity index (χ4n) is 7.76. The molecule has 6 heteroatoms. The van der Waals surface area contributed by atoms with E-state index < -0.39 is 0 Å². The quantitative estimate of drug-likeness (QED) is 0.148. The molecular formula is C50H40Ir2N4-4. The van der Waals surface area contributed by atoms with E-state index in [4.69, 9.17) is 0 Å². The molecule has 2 heterocycles. The standard InChI is InChI=1S/C50H40N4.2Ir/c1-35-30-36(2)32-41(31-35)50-46(39-22-26-44(27-23-39)52-33-51(37(3)38(52)4)42-14-7-5-8-15-42)18-13-19-47(50)40-24-28-45(29-25-40)54-34-53(43-16-9-6-10-17-43)48-20-11-12-21-49(48)54;;/h5-26,28,30-34H,1-4H3;;/q-4;;. The van der Waals surface area contributed by atoms with Crippen LogP contribution in [0.25, 0.3) is 33.4 Å². The van der Waals surface area contributed by atoms with E-state index in [0.717, 1.165) is 45.3 Å². The summed E-state index contributed by atoms with van der Waals surface area (Å²) >= 11 is 0. The van der Waals surface area contributed by atoms with Crippen molar-refractivity contribution in [1.29, 1.82) is 0 Å². The van der Waals surface area contributed by atoms with Gasteiger partial charge in [-0.3, -0.25) is 0 Å². The molecule has 2 aliphatic heterocycles. The number of nitrogens with zero attached hydrogens (tertiary/aromatic N) is 4. The number of allylic oxidation sites excluding steroid dienone is 2. The summed E-state index contributed by atoms with van der Waals surface area (Å²) in [4.78, 5) is 8.92. The molecule has 0 N–H and O–H groups in total. The molecule has 0 saturated heterocycles. The summed E-state index contributed by atoms with van der Waals surface area (Å²) in [7, 11) is 0. The topological polar surface area (TPSA) is 13.0 Å². The molecule has 0 unspecified atom stereocenters. The minimum Gasteiger partial charge on any atom is -0.497 e. The summed E-state index contributed by atoms with van der Waals surface area (Å²) in [5.41, 5.74) is 18.4. The minimum absolute atomic E-state index is 0. The Bertz CT molecular complexity index is 2480. The third kappa shape index (κ3) is 7.27. The van der Waals surface area contributed by atoms with E-state index in [2.05, 4.69) is 230 Å². The van der Waals surface area contributed by atoms with Crippen molar-refractivity contribution in [3.05, 3.63) is 206 Å². The van der Waals surface area contributed by atoms with Crippen LogP contribution >= 0.6 is 0 Å². The van der Waals surface area contributed by atoms with Gasteiger partial charge in [-0.15, -0.1) is 48.0 Å². The van der Waals surface area contributed by atoms with E-state index in [0.29, 0.717) is 0 Å². The molecule has 2 aliphatic rings. The van der Waals surface area contributed by atoms with Crippen molar-refractivity contribution in [1.82, 2.24) is 0 Å². The molecule has 0 bridgehead atoms. The van der Waals surface area contributed by atoms with Crippen LogP contribution in [-0.4, -0.2) is 0 Å². The van der Waals surface area contributed by atoms with Crippen LogP contribution in [0.3, 0.4) is 0 Å². The molecular weight excluding hydrogens is 1040 g/mol. The van der Waals surface area contributed by atoms with Crippen molar-refractivity contribution in [2.75, 3.05) is 19.6 Å². The van der Waals surface area contributed by atoms with E-state index >= 15 is 0 Å². The first-order chi connectivity index (χ1) is 26.4. The maximum Gasteiger partial charge on any atom is 0.0344 e. The fraction of sp³-hybridized carbons (Fsp3) is 0.0800. The summed E-state index contributed by atoms with van der Waals surface area (Å²) in [5, 5.41) is 0. The number of aryl methyl sites for hydroxylation is 2. The van der Waals surface area contributed by atoms with Crippen LogP contribution in [0.2, 0.25) is 0 Å². The number of anilines is 6. The molecule has 0 fully saturated rings. The Kier molecular flexibility index (Phi) is 11.5. The van der Waals surface area contributed by atoms with Gasteiger partial charge in [-0.05, 0) is 75.2 Å². The predicted octanol–water partition coefficient (Wildman–Crippen LogP) is 13.0. The van der Waals surface area contributed by atoms with Crippen molar-refractivity contribution in [3.8, 4) is 33.4 Å². The van der Waals surface area contributed by atoms with Crippen LogP contribution in [0.4, 0.5) is 34.1 Å². The van der Waals surface area contributed by atoms with E-state index in [1.807, 2.05) is 0 Å². The molecule has 0 saturated carbocycles. The molecule has 0 amide bonds. The molecule has 2 radical (unpaired) electrons. The summed E-state index contributed by atoms with van der Waals surface area (Å²) in [6.45, 7) is 13.0.